The molecule has 1 unspecified atom stereocenters. The number of aliphatic hydroxyl groups is 4. The van der Waals surface area contributed by atoms with E-state index < -0.39 is 143 Å². The summed E-state index contributed by atoms with van der Waals surface area (Å²) in [6, 6.07) is 0. The Labute approximate surface area is 477 Å². The molecule has 1 aliphatic rings. The monoisotopic (exact) mass is 1190 g/mol. The first-order chi connectivity index (χ1) is 25.8. The van der Waals surface area contributed by atoms with Gasteiger partial charge in [-0.25, -0.2) is 37.9 Å². The SMILES string of the molecule is C.C1CO1.N.N.N.NCCS(=O)(=O)O.NCCS(=O)(=O)[O-].NCCS(=O)(=O)[O-].NOS(=O)(=O)CCO.NOS(=O)(=O)CCO.O=S(=O)([O-])CCO.O=S(=O)([O-])CCO.O=S([O-])O.[Na+].[Na+].[Na+].[Na+]. The largest absolute Gasteiger partial charge is 1.00 e. The van der Waals surface area contributed by atoms with E-state index in [-0.39, 0.29) is 169 Å². The molecule has 396 valence electrons. The molecule has 1 aliphatic heterocycles. The molecule has 1 saturated heterocycles. The Morgan fingerprint density at radius 2 is 0.652 bits per heavy atom. The van der Waals surface area contributed by atoms with Crippen molar-refractivity contribution in [3.63, 3.8) is 0 Å². The van der Waals surface area contributed by atoms with Gasteiger partial charge in [0.2, 0.25) is 0 Å². The van der Waals surface area contributed by atoms with Crippen LogP contribution < -0.4 is 166 Å². The van der Waals surface area contributed by atoms with Gasteiger partial charge < -0.3 is 88.1 Å². The Morgan fingerprint density at radius 1 is 0.485 bits per heavy atom. The van der Waals surface area contributed by atoms with E-state index in [9.17, 15) is 77.1 Å². The van der Waals surface area contributed by atoms with Crippen LogP contribution in [0.15, 0.2) is 0 Å². The molecule has 0 spiro atoms. The Kier molecular flexibility index (Phi) is 117. The van der Waals surface area contributed by atoms with Crippen LogP contribution in [0.4, 0.5) is 0 Å². The third-order valence-corrected chi connectivity index (χ3v) is 8.51. The van der Waals surface area contributed by atoms with Crippen LogP contribution in [0.25, 0.3) is 0 Å². The minimum absolute atomic E-state index is 0. The van der Waals surface area contributed by atoms with E-state index in [1.54, 1.807) is 0 Å². The normalized spacial score (nSPS) is 11.1. The topological polar surface area (TPSA) is 759 Å². The predicted molar refractivity (Wildman–Crippen MR) is 212 cm³/mol. The molecule has 37 nitrogen and oxygen atoms in total. The average molecular weight is 1190 g/mol. The van der Waals surface area contributed by atoms with Crippen molar-refractivity contribution in [3.8, 4) is 0 Å². The van der Waals surface area contributed by atoms with E-state index in [2.05, 4.69) is 25.1 Å². The number of hydrogen-bond donors (Lipinski definition) is 14. The maximum atomic E-state index is 10.1. The number of hydrogen-bond acceptors (Lipinski definition) is 35. The first-order valence-corrected chi connectivity index (χ1v) is 25.7. The fraction of sp³-hybridized carbons (Fsp3) is 1.00. The molecule has 0 radical (unpaired) electrons. The maximum absolute atomic E-state index is 10.1. The molecule has 0 saturated carbocycles. The van der Waals surface area contributed by atoms with Crippen molar-refractivity contribution < 1.29 is 247 Å². The average Bonchev–Trinajstić information content (AvgIpc) is 3.86. The number of ether oxygens (including phenoxy) is 1. The summed E-state index contributed by atoms with van der Waals surface area (Å²) in [5.74, 6) is 5.02. The first kappa shape index (κ1) is 114. The summed E-state index contributed by atoms with van der Waals surface area (Å²) in [6.07, 6.45) is 0. The summed E-state index contributed by atoms with van der Waals surface area (Å²) in [5.41, 5.74) is 14.2. The molecule has 1 heterocycles. The van der Waals surface area contributed by atoms with Gasteiger partial charge in [0.05, 0.1) is 120 Å². The second-order valence-electron chi connectivity index (χ2n) is 8.14. The van der Waals surface area contributed by atoms with Crippen molar-refractivity contribution in [1.29, 1.82) is 0 Å². The molecule has 0 bridgehead atoms. The van der Waals surface area contributed by atoms with E-state index in [1.807, 2.05) is 0 Å². The molecular weight excluding hydrogens is 1130 g/mol. The molecule has 1 atom stereocenters. The minimum Gasteiger partial charge on any atom is -0.750 e. The van der Waals surface area contributed by atoms with Gasteiger partial charge in [-0.1, -0.05) is 7.43 Å². The molecule has 0 aliphatic carbocycles. The van der Waals surface area contributed by atoms with Crippen LogP contribution in [0.3, 0.4) is 0 Å². The van der Waals surface area contributed by atoms with Gasteiger partial charge in [-0.15, -0.1) is 0 Å². The number of rotatable bonds is 16. The van der Waals surface area contributed by atoms with E-state index in [4.69, 9.17) is 55.5 Å². The maximum Gasteiger partial charge on any atom is 1.00 e. The summed E-state index contributed by atoms with van der Waals surface area (Å²) in [4.78, 5) is 0. The zero-order chi connectivity index (χ0) is 48.5. The van der Waals surface area contributed by atoms with E-state index in [0.717, 1.165) is 13.2 Å². The number of epoxide rings is 1. The first-order valence-electron chi connectivity index (χ1n) is 13.6. The molecular formula is C17H61N8Na4O29S8-. The molecule has 0 aromatic carbocycles. The summed E-state index contributed by atoms with van der Waals surface area (Å²) in [7, 11) is -27.5. The van der Waals surface area contributed by atoms with Gasteiger partial charge in [0.15, 0.2) is 0 Å². The third kappa shape index (κ3) is 202. The fourth-order valence-corrected chi connectivity index (χ4v) is 2.94. The predicted octanol–water partition coefficient (Wildman–Crippen LogP) is -22.2. The Bertz CT molecular complexity index is 1530. The van der Waals surface area contributed by atoms with Gasteiger partial charge in [0, 0.05) is 19.6 Å². The molecule has 49 heteroatoms. The molecule has 0 aromatic heterocycles. The Morgan fingerprint density at radius 3 is 0.667 bits per heavy atom. The van der Waals surface area contributed by atoms with Crippen molar-refractivity contribution in [3.05, 3.63) is 0 Å². The second-order valence-corrected chi connectivity index (χ2v) is 19.7. The summed E-state index contributed by atoms with van der Waals surface area (Å²) in [5, 5.41) is 31.7. The van der Waals surface area contributed by atoms with Crippen LogP contribution in [0.1, 0.15) is 7.43 Å². The van der Waals surface area contributed by atoms with Gasteiger partial charge >= 0.3 is 118 Å². The minimum atomic E-state index is -4.17. The van der Waals surface area contributed by atoms with Crippen LogP contribution in [-0.4, -0.2) is 215 Å². The van der Waals surface area contributed by atoms with Crippen LogP contribution in [0, 0.1) is 0 Å². The molecule has 0 aromatic rings. The van der Waals surface area contributed by atoms with Crippen molar-refractivity contribution in [1.82, 2.24) is 18.5 Å². The smallest absolute Gasteiger partial charge is 0.750 e. The summed E-state index contributed by atoms with van der Waals surface area (Å²) < 4.78 is 218. The van der Waals surface area contributed by atoms with Crippen molar-refractivity contribution in [2.24, 2.45) is 29.0 Å². The van der Waals surface area contributed by atoms with Gasteiger partial charge in [0.25, 0.3) is 30.4 Å². The standard InChI is InChI=1S/2C2H7NO4S.3C2H7NO3S.2C2H6O4S.C2H4O.CH4.3H3N.4Na.H2O3S/c2*3-7-8(5,6)2-1-4;5*3-1-2-7(4,5)6;1-2-3-1;;;;;;;;;1-4(2)3/h2*4H,1-3H2;3*1-3H2,(H,4,5,6);2*3H,1-2H2,(H,4,5,6);1-2H2;1H4;3*1H3;;;;;(H2,1,2,3)/q;;;;;;;;;;;;4*+1;/p-5. The van der Waals surface area contributed by atoms with E-state index in [0.29, 0.717) is 0 Å². The number of aliphatic hydroxyl groups excluding tert-OH is 4. The molecule has 1 rings (SSSR count). The summed E-state index contributed by atoms with van der Waals surface area (Å²) in [6.45, 7) is -0.340. The van der Waals surface area contributed by atoms with Gasteiger partial charge in [0.1, 0.15) is 11.5 Å². The molecule has 1 fully saturated rings. The van der Waals surface area contributed by atoms with Crippen LogP contribution in [0.5, 0.6) is 0 Å². The van der Waals surface area contributed by atoms with Gasteiger partial charge in [-0.3, -0.25) is 4.55 Å². The molecule has 66 heavy (non-hydrogen) atoms. The Hall–Kier alpha value is 2.92. The van der Waals surface area contributed by atoms with Crippen LogP contribution in [0.2, 0.25) is 0 Å². The number of nitrogens with two attached hydrogens (primary N) is 5. The fourth-order valence-electron chi connectivity index (χ4n) is 0.981. The van der Waals surface area contributed by atoms with Crippen molar-refractivity contribution in [2.75, 3.05) is 99.5 Å². The molecule has 25 N–H and O–H groups in total. The van der Waals surface area contributed by atoms with Gasteiger partial charge in [-0.05, 0) is 0 Å². The van der Waals surface area contributed by atoms with Crippen molar-refractivity contribution >= 4 is 82.2 Å². The zero-order valence-corrected chi connectivity index (χ0v) is 50.2. The Balaban J connectivity index is -0.0000000302. The van der Waals surface area contributed by atoms with Gasteiger partial charge in [-0.2, -0.15) is 45.6 Å². The van der Waals surface area contributed by atoms with E-state index >= 15 is 0 Å². The van der Waals surface area contributed by atoms with Crippen molar-refractivity contribution in [2.45, 2.75) is 7.43 Å². The van der Waals surface area contributed by atoms with Crippen LogP contribution in [-0.2, 0) is 95.5 Å². The van der Waals surface area contributed by atoms with Crippen LogP contribution >= 0.6 is 0 Å². The third-order valence-electron chi connectivity index (χ3n) is 2.97. The quantitative estimate of drug-likeness (QED) is 0.0224. The zero-order valence-electron chi connectivity index (χ0n) is 35.7. The van der Waals surface area contributed by atoms with E-state index in [1.165, 1.54) is 0 Å². The second kappa shape index (κ2) is 67.9. The molecule has 0 amide bonds. The summed E-state index contributed by atoms with van der Waals surface area (Å²) >= 11 is -2.86.